The number of nitrogens with zero attached hydrogens (tertiary/aromatic N) is 2. The van der Waals surface area contributed by atoms with Gasteiger partial charge in [-0.2, -0.15) is 0 Å². The molecule has 4 aromatic rings. The molecule has 0 radical (unpaired) electrons. The fourth-order valence-electron chi connectivity index (χ4n) is 5.24. The number of anilines is 2. The minimum Gasteiger partial charge on any atom is -0.497 e. The van der Waals surface area contributed by atoms with Crippen LogP contribution in [0.15, 0.2) is 88.7 Å². The first-order chi connectivity index (χ1) is 19.4. The Hall–Kier alpha value is -4.15. The molecule has 3 aromatic carbocycles. The summed E-state index contributed by atoms with van der Waals surface area (Å²) < 4.78 is 6.65. The second-order valence-corrected chi connectivity index (χ2v) is 11.8. The van der Waals surface area contributed by atoms with Crippen LogP contribution < -0.4 is 19.8 Å². The molecule has 0 spiro atoms. The molecule has 40 heavy (non-hydrogen) atoms. The smallest absolute Gasteiger partial charge is 0.308 e. The van der Waals surface area contributed by atoms with Gasteiger partial charge in [-0.1, -0.05) is 71.1 Å². The molecule has 8 nitrogen and oxygen atoms in total. The maximum absolute atomic E-state index is 13.9. The zero-order valence-electron chi connectivity index (χ0n) is 21.7. The average Bonchev–Trinajstić information content (AvgIpc) is 3.41. The number of hydrogen-bond donors (Lipinski definition) is 1. The predicted molar refractivity (Wildman–Crippen MR) is 155 cm³/mol. The lowest BCUT2D eigenvalue weighted by atomic mass is 9.83. The molecule has 3 atom stereocenters. The van der Waals surface area contributed by atoms with Gasteiger partial charge in [-0.25, -0.2) is 4.90 Å². The van der Waals surface area contributed by atoms with E-state index >= 15 is 0 Å². The van der Waals surface area contributed by atoms with Crippen LogP contribution in [0.5, 0.6) is 5.75 Å². The second-order valence-electron chi connectivity index (χ2n) is 9.70. The number of carbonyl (C=O) groups is 3. The fraction of sp³-hybridized carbons (Fsp3) is 0.200. The number of thiazole rings is 1. The molecule has 0 aliphatic carbocycles. The Morgan fingerprint density at radius 2 is 1.62 bits per heavy atom. The first-order valence-corrected chi connectivity index (χ1v) is 14.4. The molecule has 3 amide bonds. The topological polar surface area (TPSA) is 97.7 Å². The van der Waals surface area contributed by atoms with Crippen molar-refractivity contribution in [2.24, 2.45) is 5.92 Å². The van der Waals surface area contributed by atoms with Gasteiger partial charge < -0.3 is 10.1 Å². The summed E-state index contributed by atoms with van der Waals surface area (Å²) in [6, 6.07) is 23.7. The molecule has 3 heterocycles. The maximum Gasteiger partial charge on any atom is 0.308 e. The van der Waals surface area contributed by atoms with E-state index in [1.807, 2.05) is 49.4 Å². The van der Waals surface area contributed by atoms with Crippen LogP contribution in [0.2, 0.25) is 0 Å². The van der Waals surface area contributed by atoms with E-state index in [-0.39, 0.29) is 29.1 Å². The summed E-state index contributed by atoms with van der Waals surface area (Å²) in [6.45, 7) is 1.76. The summed E-state index contributed by atoms with van der Waals surface area (Å²) in [6.07, 6.45) is 0. The zero-order chi connectivity index (χ0) is 28.0. The molecule has 0 bridgehead atoms. The normalized spacial score (nSPS) is 19.8. The number of imide groups is 1. The molecule has 1 N–H and O–H groups in total. The molecule has 3 unspecified atom stereocenters. The van der Waals surface area contributed by atoms with Crippen molar-refractivity contribution in [3.63, 3.8) is 0 Å². The summed E-state index contributed by atoms with van der Waals surface area (Å²) in [4.78, 5) is 55.5. The van der Waals surface area contributed by atoms with E-state index in [0.717, 1.165) is 22.5 Å². The molecular formula is C30H25N3O5S2. The number of methoxy groups -OCH3 is 1. The van der Waals surface area contributed by atoms with Crippen molar-refractivity contribution in [1.29, 1.82) is 0 Å². The van der Waals surface area contributed by atoms with Gasteiger partial charge in [0.2, 0.25) is 17.7 Å². The van der Waals surface area contributed by atoms with Crippen LogP contribution in [-0.2, 0) is 20.9 Å². The zero-order valence-corrected chi connectivity index (χ0v) is 23.3. The number of ether oxygens (including phenoxy) is 1. The Morgan fingerprint density at radius 1 is 0.925 bits per heavy atom. The SMILES string of the molecule is COc1ccc(N2C(=O)C3Sc4c(sc(=O)n4CC(=O)Nc4ccc(C)cc4)C(c4ccccc4)C3C2=O)cc1. The highest BCUT2D eigenvalue weighted by Gasteiger charge is 2.56. The van der Waals surface area contributed by atoms with Crippen molar-refractivity contribution in [2.45, 2.75) is 29.7 Å². The van der Waals surface area contributed by atoms with Gasteiger partial charge in [-0.15, -0.1) is 0 Å². The van der Waals surface area contributed by atoms with E-state index in [2.05, 4.69) is 5.32 Å². The van der Waals surface area contributed by atoms with Gasteiger partial charge in [0.1, 0.15) is 17.5 Å². The number of hydrogen-bond acceptors (Lipinski definition) is 7. The Kier molecular flexibility index (Phi) is 6.81. The van der Waals surface area contributed by atoms with Crippen molar-refractivity contribution < 1.29 is 19.1 Å². The molecule has 6 rings (SSSR count). The van der Waals surface area contributed by atoms with Crippen molar-refractivity contribution in [2.75, 3.05) is 17.3 Å². The van der Waals surface area contributed by atoms with Gasteiger partial charge in [0.15, 0.2) is 0 Å². The number of thioether (sulfide) groups is 1. The van der Waals surface area contributed by atoms with Crippen LogP contribution >= 0.6 is 23.1 Å². The molecule has 2 aliphatic rings. The lowest BCUT2D eigenvalue weighted by molar-refractivity contribution is -0.122. The highest BCUT2D eigenvalue weighted by atomic mass is 32.2. The first kappa shape index (κ1) is 26.1. The Labute approximate surface area is 238 Å². The molecule has 0 saturated carbocycles. The number of carbonyl (C=O) groups excluding carboxylic acids is 3. The van der Waals surface area contributed by atoms with E-state index < -0.39 is 17.1 Å². The van der Waals surface area contributed by atoms with Crippen LogP contribution in [0.25, 0.3) is 0 Å². The van der Waals surface area contributed by atoms with Crippen molar-refractivity contribution >= 4 is 52.2 Å². The van der Waals surface area contributed by atoms with E-state index in [1.54, 1.807) is 43.5 Å². The molecule has 202 valence electrons. The molecule has 1 saturated heterocycles. The van der Waals surface area contributed by atoms with Gasteiger partial charge >= 0.3 is 4.87 Å². The summed E-state index contributed by atoms with van der Waals surface area (Å²) >= 11 is 2.23. The Morgan fingerprint density at radius 3 is 2.30 bits per heavy atom. The van der Waals surface area contributed by atoms with E-state index in [4.69, 9.17) is 4.74 Å². The number of benzene rings is 3. The van der Waals surface area contributed by atoms with Crippen LogP contribution in [0.4, 0.5) is 11.4 Å². The van der Waals surface area contributed by atoms with Gasteiger partial charge in [0.05, 0.1) is 23.7 Å². The summed E-state index contributed by atoms with van der Waals surface area (Å²) in [7, 11) is 1.55. The number of nitrogens with one attached hydrogen (secondary N) is 1. The standard InChI is InChI=1S/C30H25N3O5S2/c1-17-8-10-19(11-9-17)31-22(34)16-32-29-26(40-30(32)37)23(18-6-4-3-5-7-18)24-25(39-29)28(36)33(27(24)35)20-12-14-21(38-2)15-13-20/h3-15,23-25H,16H2,1-2H3,(H,31,34). The lowest BCUT2D eigenvalue weighted by Crippen LogP contribution is -2.33. The summed E-state index contributed by atoms with van der Waals surface area (Å²) in [5.41, 5.74) is 3.01. The van der Waals surface area contributed by atoms with Crippen molar-refractivity contribution in [3.8, 4) is 5.75 Å². The highest BCUT2D eigenvalue weighted by Crippen LogP contribution is 2.53. The van der Waals surface area contributed by atoms with Crippen LogP contribution in [0.3, 0.4) is 0 Å². The summed E-state index contributed by atoms with van der Waals surface area (Å²) in [5.74, 6) is -1.57. The summed E-state index contributed by atoms with van der Waals surface area (Å²) in [5, 5.41) is 2.66. The van der Waals surface area contributed by atoms with Crippen LogP contribution in [0, 0.1) is 12.8 Å². The molecule has 1 fully saturated rings. The minimum absolute atomic E-state index is 0.200. The molecule has 1 aromatic heterocycles. The number of fused-ring (bicyclic) bond motifs is 2. The van der Waals surface area contributed by atoms with Crippen LogP contribution in [0.1, 0.15) is 21.9 Å². The number of amides is 3. The van der Waals surface area contributed by atoms with Crippen molar-refractivity contribution in [3.05, 3.63) is 105 Å². The van der Waals surface area contributed by atoms with Crippen LogP contribution in [-0.4, -0.2) is 34.6 Å². The third-order valence-electron chi connectivity index (χ3n) is 7.18. The molecule has 2 aliphatic heterocycles. The molecular weight excluding hydrogens is 546 g/mol. The minimum atomic E-state index is -0.743. The van der Waals surface area contributed by atoms with E-state index in [0.29, 0.717) is 27.0 Å². The number of aromatic nitrogens is 1. The van der Waals surface area contributed by atoms with Gasteiger partial charge in [0.25, 0.3) is 0 Å². The number of rotatable bonds is 6. The quantitative estimate of drug-likeness (QED) is 0.338. The monoisotopic (exact) mass is 571 g/mol. The average molecular weight is 572 g/mol. The second kappa shape index (κ2) is 10.4. The van der Waals surface area contributed by atoms with Crippen molar-refractivity contribution in [1.82, 2.24) is 4.57 Å². The van der Waals surface area contributed by atoms with Gasteiger partial charge in [-0.05, 0) is 48.9 Å². The first-order valence-electron chi connectivity index (χ1n) is 12.7. The predicted octanol–water partition coefficient (Wildman–Crippen LogP) is 4.66. The third-order valence-corrected chi connectivity index (χ3v) is 9.78. The lowest BCUT2D eigenvalue weighted by Gasteiger charge is -2.30. The largest absolute Gasteiger partial charge is 0.497 e. The fourth-order valence-corrected chi connectivity index (χ4v) is 8.01. The van der Waals surface area contributed by atoms with E-state index in [9.17, 15) is 19.2 Å². The Balaban J connectivity index is 1.38. The number of aryl methyl sites for hydroxylation is 1. The highest BCUT2D eigenvalue weighted by molar-refractivity contribution is 8.00. The third kappa shape index (κ3) is 4.52. The van der Waals surface area contributed by atoms with E-state index in [1.165, 1.54) is 21.2 Å². The molecule has 10 heteroatoms. The van der Waals surface area contributed by atoms with Gasteiger partial charge in [-0.3, -0.25) is 23.7 Å². The maximum atomic E-state index is 13.9. The van der Waals surface area contributed by atoms with Gasteiger partial charge in [0, 0.05) is 16.5 Å². The Bertz CT molecular complexity index is 1660.